The van der Waals surface area contributed by atoms with Crippen LogP contribution in [0.15, 0.2) is 42.5 Å². The van der Waals surface area contributed by atoms with Crippen LogP contribution in [-0.4, -0.2) is 52.9 Å². The number of carbonyl (C=O) groups excluding carboxylic acids is 3. The van der Waals surface area contributed by atoms with Crippen molar-refractivity contribution >= 4 is 29.6 Å². The molecule has 0 N–H and O–H groups in total. The first kappa shape index (κ1) is 20.5. The van der Waals surface area contributed by atoms with E-state index in [9.17, 15) is 14.4 Å². The van der Waals surface area contributed by atoms with E-state index in [-0.39, 0.29) is 35.7 Å². The fourth-order valence-corrected chi connectivity index (χ4v) is 5.07. The van der Waals surface area contributed by atoms with Crippen molar-refractivity contribution in [2.75, 3.05) is 12.9 Å². The highest BCUT2D eigenvalue weighted by atomic mass is 32.2. The lowest BCUT2D eigenvalue weighted by molar-refractivity contribution is -0.166. The van der Waals surface area contributed by atoms with Gasteiger partial charge >= 0.3 is 11.9 Å². The van der Waals surface area contributed by atoms with Crippen LogP contribution < -0.4 is 0 Å². The van der Waals surface area contributed by atoms with Gasteiger partial charge in [-0.3, -0.25) is 4.79 Å². The summed E-state index contributed by atoms with van der Waals surface area (Å²) in [5.41, 5.74) is 0.922. The number of esters is 2. The Morgan fingerprint density at radius 2 is 2.04 bits per heavy atom. The summed E-state index contributed by atoms with van der Waals surface area (Å²) in [6.07, 6.45) is 4.26. The zero-order valence-corrected chi connectivity index (χ0v) is 16.9. The van der Waals surface area contributed by atoms with Gasteiger partial charge in [-0.1, -0.05) is 43.3 Å². The fraction of sp³-hybridized carbons (Fsp3) is 0.476. The number of amides is 1. The summed E-state index contributed by atoms with van der Waals surface area (Å²) in [4.78, 5) is 38.4. The highest BCUT2D eigenvalue weighted by Gasteiger charge is 2.59. The van der Waals surface area contributed by atoms with Gasteiger partial charge in [-0.15, -0.1) is 0 Å². The van der Waals surface area contributed by atoms with Crippen molar-refractivity contribution < 1.29 is 23.9 Å². The fourth-order valence-electron chi connectivity index (χ4n) is 3.89. The zero-order valence-electron chi connectivity index (χ0n) is 16.1. The number of benzene rings is 1. The molecule has 28 heavy (non-hydrogen) atoms. The minimum absolute atomic E-state index is 0.0214. The Bertz CT molecular complexity index is 750. The van der Waals surface area contributed by atoms with Gasteiger partial charge in [-0.2, -0.15) is 11.8 Å². The maximum absolute atomic E-state index is 12.8. The number of nitrogens with zero attached hydrogens (tertiary/aromatic N) is 1. The summed E-state index contributed by atoms with van der Waals surface area (Å²) in [6.45, 7) is 2.25. The molecule has 4 atom stereocenters. The SMILES string of the molecule is CCSC1CC2C(C/C=C/C(=O)OC)C(=O)N2[C@@H]1C(=O)OCc1ccccc1. The molecule has 1 aromatic rings. The number of hydrogen-bond acceptors (Lipinski definition) is 6. The van der Waals surface area contributed by atoms with Crippen LogP contribution in [0.2, 0.25) is 0 Å². The Balaban J connectivity index is 1.64. The monoisotopic (exact) mass is 403 g/mol. The van der Waals surface area contributed by atoms with E-state index in [1.165, 1.54) is 13.2 Å². The van der Waals surface area contributed by atoms with Crippen LogP contribution in [0.25, 0.3) is 0 Å². The van der Waals surface area contributed by atoms with Crippen molar-refractivity contribution in [2.24, 2.45) is 5.92 Å². The van der Waals surface area contributed by atoms with Gasteiger partial charge in [0, 0.05) is 17.4 Å². The van der Waals surface area contributed by atoms with Crippen LogP contribution in [0.3, 0.4) is 0 Å². The second-order valence-electron chi connectivity index (χ2n) is 6.85. The maximum Gasteiger partial charge on any atom is 0.330 e. The van der Waals surface area contributed by atoms with Crippen molar-refractivity contribution in [1.82, 2.24) is 4.90 Å². The van der Waals surface area contributed by atoms with E-state index < -0.39 is 12.0 Å². The van der Waals surface area contributed by atoms with Gasteiger partial charge in [0.25, 0.3) is 0 Å². The van der Waals surface area contributed by atoms with Crippen LogP contribution in [0, 0.1) is 5.92 Å². The third kappa shape index (κ3) is 4.24. The molecule has 0 saturated carbocycles. The van der Waals surface area contributed by atoms with Gasteiger partial charge in [0.05, 0.1) is 13.0 Å². The van der Waals surface area contributed by atoms with E-state index in [4.69, 9.17) is 4.74 Å². The first-order chi connectivity index (χ1) is 13.6. The van der Waals surface area contributed by atoms with Crippen LogP contribution in [-0.2, 0) is 30.5 Å². The lowest BCUT2D eigenvalue weighted by Crippen LogP contribution is -2.62. The van der Waals surface area contributed by atoms with Crippen LogP contribution in [0.1, 0.15) is 25.3 Å². The molecule has 2 saturated heterocycles. The second-order valence-corrected chi connectivity index (χ2v) is 8.36. The van der Waals surface area contributed by atoms with Crippen molar-refractivity contribution in [3.63, 3.8) is 0 Å². The Morgan fingerprint density at radius 3 is 2.71 bits per heavy atom. The number of thioether (sulfide) groups is 1. The lowest BCUT2D eigenvalue weighted by atomic mass is 9.85. The number of fused-ring (bicyclic) bond motifs is 1. The van der Waals surface area contributed by atoms with Crippen molar-refractivity contribution in [3.05, 3.63) is 48.0 Å². The topological polar surface area (TPSA) is 72.9 Å². The van der Waals surface area contributed by atoms with Crippen LogP contribution in [0.4, 0.5) is 0 Å². The normalized spacial score (nSPS) is 26.1. The molecule has 2 aliphatic rings. The predicted octanol–water partition coefficient (Wildman–Crippen LogP) is 2.57. The molecule has 0 spiro atoms. The smallest absolute Gasteiger partial charge is 0.330 e. The number of rotatable bonds is 8. The first-order valence-electron chi connectivity index (χ1n) is 9.45. The van der Waals surface area contributed by atoms with E-state index in [1.54, 1.807) is 22.7 Å². The Labute approximate surface area is 169 Å². The molecule has 1 aromatic carbocycles. The third-order valence-electron chi connectivity index (χ3n) is 5.21. The van der Waals surface area contributed by atoms with Gasteiger partial charge in [0.2, 0.25) is 5.91 Å². The highest BCUT2D eigenvalue weighted by Crippen LogP contribution is 2.45. The summed E-state index contributed by atoms with van der Waals surface area (Å²) >= 11 is 1.69. The summed E-state index contributed by atoms with van der Waals surface area (Å²) in [5.74, 6) is -0.131. The molecule has 0 radical (unpaired) electrons. The average molecular weight is 404 g/mol. The third-order valence-corrected chi connectivity index (χ3v) is 6.42. The number of β-lactam (4-membered cyclic amide) rings is 1. The van der Waals surface area contributed by atoms with E-state index in [0.717, 1.165) is 17.7 Å². The standard InChI is InChI=1S/C21H25NO5S/c1-3-28-17-12-16-15(10-7-11-18(23)26-2)20(24)22(16)19(17)21(25)27-13-14-8-5-4-6-9-14/h4-9,11,15-17,19H,3,10,12-13H2,1-2H3/b11-7+/t15?,16?,17?,19-/m0/s1. The molecular weight excluding hydrogens is 378 g/mol. The molecule has 2 heterocycles. The van der Waals surface area contributed by atoms with Crippen molar-refractivity contribution in [2.45, 2.75) is 43.7 Å². The molecule has 3 rings (SSSR count). The molecule has 1 amide bonds. The first-order valence-corrected chi connectivity index (χ1v) is 10.5. The average Bonchev–Trinajstić information content (AvgIpc) is 3.05. The number of ether oxygens (including phenoxy) is 2. The summed E-state index contributed by atoms with van der Waals surface area (Å²) in [7, 11) is 1.32. The molecule has 2 aliphatic heterocycles. The molecule has 2 fully saturated rings. The van der Waals surface area contributed by atoms with Crippen molar-refractivity contribution in [1.29, 1.82) is 0 Å². The number of carbonyl (C=O) groups is 3. The van der Waals surface area contributed by atoms with Gasteiger partial charge in [-0.05, 0) is 24.2 Å². The lowest BCUT2D eigenvalue weighted by Gasteiger charge is -2.44. The summed E-state index contributed by atoms with van der Waals surface area (Å²) < 4.78 is 10.1. The van der Waals surface area contributed by atoms with Crippen LogP contribution >= 0.6 is 11.8 Å². The van der Waals surface area contributed by atoms with E-state index in [2.05, 4.69) is 4.74 Å². The van der Waals surface area contributed by atoms with Gasteiger partial charge < -0.3 is 14.4 Å². The summed E-state index contributed by atoms with van der Waals surface area (Å²) in [6, 6.07) is 9.00. The van der Waals surface area contributed by atoms with E-state index in [0.29, 0.717) is 6.42 Å². The van der Waals surface area contributed by atoms with Crippen molar-refractivity contribution in [3.8, 4) is 0 Å². The van der Waals surface area contributed by atoms with Crippen LogP contribution in [0.5, 0.6) is 0 Å². The quantitative estimate of drug-likeness (QED) is 0.377. The van der Waals surface area contributed by atoms with Gasteiger partial charge in [0.1, 0.15) is 12.6 Å². The van der Waals surface area contributed by atoms with E-state index in [1.807, 2.05) is 37.3 Å². The summed E-state index contributed by atoms with van der Waals surface area (Å²) in [5, 5.41) is 0.0387. The molecule has 3 unspecified atom stereocenters. The van der Waals surface area contributed by atoms with E-state index >= 15 is 0 Å². The minimum Gasteiger partial charge on any atom is -0.466 e. The predicted molar refractivity (Wildman–Crippen MR) is 106 cm³/mol. The largest absolute Gasteiger partial charge is 0.466 e. The number of allylic oxidation sites excluding steroid dienone is 1. The Hall–Kier alpha value is -2.28. The second kappa shape index (κ2) is 9.28. The minimum atomic E-state index is -0.535. The molecule has 0 bridgehead atoms. The maximum atomic E-state index is 12.8. The molecular formula is C21H25NO5S. The Kier molecular flexibility index (Phi) is 6.78. The number of hydrogen-bond donors (Lipinski definition) is 0. The molecule has 0 aromatic heterocycles. The molecule has 0 aliphatic carbocycles. The zero-order chi connectivity index (χ0) is 20.1. The molecule has 150 valence electrons. The molecule has 6 nitrogen and oxygen atoms in total. The van der Waals surface area contributed by atoms with Gasteiger partial charge in [0.15, 0.2) is 0 Å². The Morgan fingerprint density at radius 1 is 1.29 bits per heavy atom. The number of methoxy groups -OCH3 is 1. The molecule has 7 heteroatoms. The van der Waals surface area contributed by atoms with Gasteiger partial charge in [-0.25, -0.2) is 9.59 Å². The highest BCUT2D eigenvalue weighted by molar-refractivity contribution is 7.99.